The van der Waals surface area contributed by atoms with E-state index in [4.69, 9.17) is 0 Å². The molecule has 2 atom stereocenters. The van der Waals surface area contributed by atoms with Gasteiger partial charge < -0.3 is 4.90 Å². The molecule has 0 aromatic heterocycles. The van der Waals surface area contributed by atoms with E-state index >= 15 is 0 Å². The first-order valence-electron chi connectivity index (χ1n) is 8.34. The highest BCUT2D eigenvalue weighted by Crippen LogP contribution is 2.55. The average Bonchev–Trinajstić information content (AvgIpc) is 2.99. The van der Waals surface area contributed by atoms with E-state index in [-0.39, 0.29) is 0 Å². The Labute approximate surface area is 125 Å². The Kier molecular flexibility index (Phi) is 6.78. The predicted octanol–water partition coefficient (Wildman–Crippen LogP) is 4.80. The third-order valence-corrected chi connectivity index (χ3v) is 4.56. The van der Waals surface area contributed by atoms with Gasteiger partial charge in [-0.3, -0.25) is 4.79 Å². The van der Waals surface area contributed by atoms with E-state index in [2.05, 4.69) is 45.6 Å². The van der Waals surface area contributed by atoms with Gasteiger partial charge in [-0.2, -0.15) is 0 Å². The summed E-state index contributed by atoms with van der Waals surface area (Å²) in [5.41, 5.74) is 1.89. The third-order valence-electron chi connectivity index (χ3n) is 4.56. The zero-order valence-corrected chi connectivity index (χ0v) is 14.2. The van der Waals surface area contributed by atoms with Crippen molar-refractivity contribution in [3.05, 3.63) is 11.6 Å². The van der Waals surface area contributed by atoms with Crippen molar-refractivity contribution in [3.8, 4) is 0 Å². The van der Waals surface area contributed by atoms with Crippen LogP contribution in [-0.4, -0.2) is 23.9 Å². The van der Waals surface area contributed by atoms with Gasteiger partial charge in [0.1, 0.15) is 0 Å². The van der Waals surface area contributed by atoms with Gasteiger partial charge in [0.05, 0.1) is 0 Å². The summed E-state index contributed by atoms with van der Waals surface area (Å²) in [5.74, 6) is 1.08. The maximum atomic E-state index is 12.1. The van der Waals surface area contributed by atoms with Gasteiger partial charge in [0.15, 0.2) is 0 Å². The number of carbonyl (C=O) groups is 1. The van der Waals surface area contributed by atoms with Crippen molar-refractivity contribution in [2.45, 2.75) is 73.1 Å². The number of carbonyl (C=O) groups excluding carboxylic acids is 1. The number of hydrogen-bond acceptors (Lipinski definition) is 1. The van der Waals surface area contributed by atoms with Crippen LogP contribution in [0.15, 0.2) is 11.6 Å². The number of amides is 1. The van der Waals surface area contributed by atoms with Crippen LogP contribution >= 0.6 is 0 Å². The van der Waals surface area contributed by atoms with Crippen molar-refractivity contribution in [1.29, 1.82) is 0 Å². The van der Waals surface area contributed by atoms with Crippen LogP contribution in [0.2, 0.25) is 0 Å². The van der Waals surface area contributed by atoms with Crippen molar-refractivity contribution in [2.24, 2.45) is 11.3 Å². The van der Waals surface area contributed by atoms with Gasteiger partial charge >= 0.3 is 0 Å². The Morgan fingerprint density at radius 2 is 2.00 bits per heavy atom. The summed E-state index contributed by atoms with van der Waals surface area (Å²) in [7, 11) is 0. The molecule has 0 bridgehead atoms. The molecule has 2 heteroatoms. The number of nitrogens with zero attached hydrogens (tertiary/aromatic N) is 1. The Morgan fingerprint density at radius 1 is 1.30 bits per heavy atom. The maximum absolute atomic E-state index is 12.1. The van der Waals surface area contributed by atoms with Gasteiger partial charge in [0, 0.05) is 19.5 Å². The molecule has 1 fully saturated rings. The molecule has 116 valence electrons. The lowest BCUT2D eigenvalue weighted by atomic mass is 9.98. The van der Waals surface area contributed by atoms with Crippen molar-refractivity contribution < 1.29 is 4.79 Å². The molecule has 1 aliphatic carbocycles. The van der Waals surface area contributed by atoms with E-state index in [1.165, 1.54) is 24.8 Å². The first-order chi connectivity index (χ1) is 9.42. The highest BCUT2D eigenvalue weighted by molar-refractivity contribution is 5.76. The van der Waals surface area contributed by atoms with E-state index in [0.717, 1.165) is 31.8 Å². The second-order valence-corrected chi connectivity index (χ2v) is 6.96. The Morgan fingerprint density at radius 3 is 2.55 bits per heavy atom. The second kappa shape index (κ2) is 7.85. The SMILES string of the molecule is CCCC(=O)N(CCC)CC1CC1(C)CCC=C(C)C. The van der Waals surface area contributed by atoms with Crippen LogP contribution in [0, 0.1) is 11.3 Å². The first-order valence-corrected chi connectivity index (χ1v) is 8.34. The van der Waals surface area contributed by atoms with Gasteiger partial charge in [-0.05, 0) is 57.3 Å². The van der Waals surface area contributed by atoms with Crippen molar-refractivity contribution in [3.63, 3.8) is 0 Å². The quantitative estimate of drug-likeness (QED) is 0.555. The van der Waals surface area contributed by atoms with E-state index in [0.29, 0.717) is 17.7 Å². The predicted molar refractivity (Wildman–Crippen MR) is 86.7 cm³/mol. The van der Waals surface area contributed by atoms with E-state index in [1.807, 2.05) is 0 Å². The zero-order valence-electron chi connectivity index (χ0n) is 14.2. The fraction of sp³-hybridized carbons (Fsp3) is 0.833. The maximum Gasteiger partial charge on any atom is 0.222 e. The Bertz CT molecular complexity index is 343. The van der Waals surface area contributed by atoms with Gasteiger partial charge in [-0.1, -0.05) is 32.4 Å². The smallest absolute Gasteiger partial charge is 0.222 e. The summed E-state index contributed by atoms with van der Waals surface area (Å²) in [5, 5.41) is 0. The van der Waals surface area contributed by atoms with Gasteiger partial charge in [-0.15, -0.1) is 0 Å². The molecule has 2 unspecified atom stereocenters. The first kappa shape index (κ1) is 17.3. The van der Waals surface area contributed by atoms with Crippen LogP contribution in [0.4, 0.5) is 0 Å². The number of allylic oxidation sites excluding steroid dienone is 2. The van der Waals surface area contributed by atoms with Crippen LogP contribution in [0.3, 0.4) is 0 Å². The Balaban J connectivity index is 2.43. The lowest BCUT2D eigenvalue weighted by molar-refractivity contribution is -0.131. The molecular weight excluding hydrogens is 246 g/mol. The molecule has 0 saturated heterocycles. The Hall–Kier alpha value is -0.790. The average molecular weight is 279 g/mol. The molecule has 0 heterocycles. The summed E-state index contributed by atoms with van der Waals surface area (Å²) >= 11 is 0. The molecule has 1 aliphatic rings. The molecule has 0 aromatic rings. The number of hydrogen-bond donors (Lipinski definition) is 0. The molecule has 1 saturated carbocycles. The molecule has 0 radical (unpaired) electrons. The third kappa shape index (κ3) is 5.30. The molecule has 20 heavy (non-hydrogen) atoms. The minimum atomic E-state index is 0.355. The summed E-state index contributed by atoms with van der Waals surface area (Å²) < 4.78 is 0. The highest BCUT2D eigenvalue weighted by Gasteiger charge is 2.49. The summed E-state index contributed by atoms with van der Waals surface area (Å²) in [6, 6.07) is 0. The molecule has 0 spiro atoms. The van der Waals surface area contributed by atoms with E-state index in [9.17, 15) is 4.79 Å². The van der Waals surface area contributed by atoms with Crippen LogP contribution in [0.25, 0.3) is 0 Å². The second-order valence-electron chi connectivity index (χ2n) is 6.96. The summed E-state index contributed by atoms with van der Waals surface area (Å²) in [6.45, 7) is 12.9. The lowest BCUT2D eigenvalue weighted by Gasteiger charge is -2.23. The van der Waals surface area contributed by atoms with Crippen molar-refractivity contribution >= 4 is 5.91 Å². The monoisotopic (exact) mass is 279 g/mol. The molecule has 0 N–H and O–H groups in total. The highest BCUT2D eigenvalue weighted by atomic mass is 16.2. The summed E-state index contributed by atoms with van der Waals surface area (Å²) in [6.07, 6.45) is 8.83. The molecule has 1 rings (SSSR count). The van der Waals surface area contributed by atoms with Crippen LogP contribution in [-0.2, 0) is 4.79 Å². The molecule has 1 amide bonds. The molecule has 2 nitrogen and oxygen atoms in total. The normalized spacial score (nSPS) is 24.4. The zero-order chi connectivity index (χ0) is 15.2. The minimum absolute atomic E-state index is 0.355. The van der Waals surface area contributed by atoms with Gasteiger partial charge in [0.25, 0.3) is 0 Å². The molecule has 0 aliphatic heterocycles. The topological polar surface area (TPSA) is 20.3 Å². The number of rotatable bonds is 9. The van der Waals surface area contributed by atoms with E-state index in [1.54, 1.807) is 0 Å². The van der Waals surface area contributed by atoms with Crippen LogP contribution < -0.4 is 0 Å². The van der Waals surface area contributed by atoms with Gasteiger partial charge in [0.2, 0.25) is 5.91 Å². The fourth-order valence-corrected chi connectivity index (χ4v) is 3.01. The van der Waals surface area contributed by atoms with Crippen molar-refractivity contribution in [1.82, 2.24) is 4.90 Å². The minimum Gasteiger partial charge on any atom is -0.342 e. The van der Waals surface area contributed by atoms with E-state index < -0.39 is 0 Å². The van der Waals surface area contributed by atoms with Crippen molar-refractivity contribution in [2.75, 3.05) is 13.1 Å². The lowest BCUT2D eigenvalue weighted by Crippen LogP contribution is -2.34. The standard InChI is InChI=1S/C18H33NO/c1-6-9-17(20)19(12-7-2)14-16-13-18(16,5)11-8-10-15(3)4/h10,16H,6-9,11-14H2,1-5H3. The fourth-order valence-electron chi connectivity index (χ4n) is 3.01. The largest absolute Gasteiger partial charge is 0.342 e. The summed E-state index contributed by atoms with van der Waals surface area (Å²) in [4.78, 5) is 14.2. The molecular formula is C18H33NO. The van der Waals surface area contributed by atoms with Crippen LogP contribution in [0.5, 0.6) is 0 Å². The van der Waals surface area contributed by atoms with Gasteiger partial charge in [-0.25, -0.2) is 0 Å². The molecule has 0 aromatic carbocycles. The van der Waals surface area contributed by atoms with Crippen LogP contribution in [0.1, 0.15) is 73.1 Å².